The average Bonchev–Trinajstić information content (AvgIpc) is 1.69. The summed E-state index contributed by atoms with van der Waals surface area (Å²) in [5.74, 6) is 0. The standard InChI is InChI=1S/C4H9ClO2Si/c1-4(5)8(6-2)7-3/h8H,1H2,2-3H3. The van der Waals surface area contributed by atoms with Gasteiger partial charge in [0, 0.05) is 18.9 Å². The molecule has 0 saturated carbocycles. The molecule has 0 fully saturated rings. The highest BCUT2D eigenvalue weighted by atomic mass is 35.5. The molecule has 0 unspecified atom stereocenters. The predicted octanol–water partition coefficient (Wildman–Crippen LogP) is 0.791. The van der Waals surface area contributed by atoms with Gasteiger partial charge in [-0.15, -0.1) is 0 Å². The molecule has 0 heterocycles. The van der Waals surface area contributed by atoms with Gasteiger partial charge in [0.1, 0.15) is 0 Å². The SMILES string of the molecule is C=C(Cl)[SiH](OC)OC. The third-order valence-corrected chi connectivity index (χ3v) is 2.59. The summed E-state index contributed by atoms with van der Waals surface area (Å²) in [7, 11) is 1.43. The van der Waals surface area contributed by atoms with Crippen molar-refractivity contribution in [2.45, 2.75) is 0 Å². The molecule has 0 saturated heterocycles. The van der Waals surface area contributed by atoms with E-state index in [2.05, 4.69) is 6.58 Å². The topological polar surface area (TPSA) is 18.5 Å². The first-order valence-corrected chi connectivity index (χ1v) is 4.02. The lowest BCUT2D eigenvalue weighted by molar-refractivity contribution is 0.289. The molecule has 0 bridgehead atoms. The Morgan fingerprint density at radius 2 is 1.88 bits per heavy atom. The van der Waals surface area contributed by atoms with Crippen LogP contribution in [0.2, 0.25) is 0 Å². The lowest BCUT2D eigenvalue weighted by atomic mass is 11.3. The highest BCUT2D eigenvalue weighted by Gasteiger charge is 2.10. The summed E-state index contributed by atoms with van der Waals surface area (Å²) in [6.45, 7) is 3.47. The monoisotopic (exact) mass is 152 g/mol. The molecule has 0 radical (unpaired) electrons. The molecular formula is C4H9ClO2Si. The maximum absolute atomic E-state index is 5.46. The minimum atomic E-state index is -1.69. The van der Waals surface area contributed by atoms with Crippen molar-refractivity contribution in [2.75, 3.05) is 14.2 Å². The Balaban J connectivity index is 3.52. The summed E-state index contributed by atoms with van der Waals surface area (Å²) in [5, 5.41) is 0. The van der Waals surface area contributed by atoms with Gasteiger partial charge in [-0.2, -0.15) is 0 Å². The molecular weight excluding hydrogens is 144 g/mol. The van der Waals surface area contributed by atoms with Crippen LogP contribution in [-0.4, -0.2) is 23.5 Å². The Morgan fingerprint density at radius 3 is 1.88 bits per heavy atom. The summed E-state index contributed by atoms with van der Waals surface area (Å²) in [5.41, 5.74) is 0. The summed E-state index contributed by atoms with van der Waals surface area (Å²) < 4.78 is 10.2. The maximum Gasteiger partial charge on any atom is 0.366 e. The van der Waals surface area contributed by atoms with Gasteiger partial charge in [0.05, 0.1) is 0 Å². The van der Waals surface area contributed by atoms with Gasteiger partial charge in [-0.25, -0.2) is 0 Å². The van der Waals surface area contributed by atoms with Gasteiger partial charge < -0.3 is 8.85 Å². The fraction of sp³-hybridized carbons (Fsp3) is 0.500. The third kappa shape index (κ3) is 2.47. The van der Waals surface area contributed by atoms with Gasteiger partial charge in [-0.1, -0.05) is 18.2 Å². The normalized spacial score (nSPS) is 10.0. The Kier molecular flexibility index (Phi) is 4.17. The summed E-state index contributed by atoms with van der Waals surface area (Å²) >= 11 is 5.46. The van der Waals surface area contributed by atoms with E-state index in [-0.39, 0.29) is 0 Å². The fourth-order valence-electron chi connectivity index (χ4n) is 0.352. The van der Waals surface area contributed by atoms with E-state index in [1.54, 1.807) is 14.2 Å². The molecule has 0 atom stereocenters. The number of rotatable bonds is 3. The second kappa shape index (κ2) is 4.09. The Bertz CT molecular complexity index is 82.1. The first-order valence-electron chi connectivity index (χ1n) is 2.12. The predicted molar refractivity (Wildman–Crippen MR) is 36.2 cm³/mol. The van der Waals surface area contributed by atoms with Crippen LogP contribution in [0, 0.1) is 0 Å². The second-order valence-corrected chi connectivity index (χ2v) is 4.41. The molecule has 0 aliphatic carbocycles. The molecule has 0 aromatic carbocycles. The Labute approximate surface area is 55.9 Å². The molecule has 48 valence electrons. The van der Waals surface area contributed by atoms with Crippen LogP contribution in [0.4, 0.5) is 0 Å². The number of hydrogen-bond donors (Lipinski definition) is 0. The van der Waals surface area contributed by atoms with Crippen LogP contribution in [-0.2, 0) is 8.85 Å². The molecule has 0 rings (SSSR count). The molecule has 0 aromatic rings. The van der Waals surface area contributed by atoms with Crippen molar-refractivity contribution in [3.05, 3.63) is 11.2 Å². The van der Waals surface area contributed by atoms with Crippen molar-refractivity contribution in [1.29, 1.82) is 0 Å². The first-order chi connectivity index (χ1) is 3.72. The van der Waals surface area contributed by atoms with Gasteiger partial charge in [-0.05, 0) is 0 Å². The summed E-state index contributed by atoms with van der Waals surface area (Å²) in [6.07, 6.45) is 0. The van der Waals surface area contributed by atoms with E-state index in [4.69, 9.17) is 20.5 Å². The zero-order valence-electron chi connectivity index (χ0n) is 4.98. The first kappa shape index (κ1) is 8.17. The van der Waals surface area contributed by atoms with Crippen molar-refractivity contribution >= 4 is 20.9 Å². The van der Waals surface area contributed by atoms with Crippen LogP contribution < -0.4 is 0 Å². The van der Waals surface area contributed by atoms with Gasteiger partial charge in [0.15, 0.2) is 0 Å². The molecule has 2 nitrogen and oxygen atoms in total. The minimum absolute atomic E-state index is 0.495. The van der Waals surface area contributed by atoms with Crippen LogP contribution in [0.3, 0.4) is 0 Å². The molecule has 0 aliphatic heterocycles. The smallest absolute Gasteiger partial charge is 0.366 e. The fourth-order valence-corrected chi connectivity index (χ4v) is 1.59. The highest BCUT2D eigenvalue weighted by molar-refractivity contribution is 6.68. The lowest BCUT2D eigenvalue weighted by Gasteiger charge is -2.06. The van der Waals surface area contributed by atoms with Crippen LogP contribution in [0.25, 0.3) is 0 Å². The van der Waals surface area contributed by atoms with E-state index in [0.29, 0.717) is 4.66 Å². The van der Waals surface area contributed by atoms with E-state index in [9.17, 15) is 0 Å². The van der Waals surface area contributed by atoms with E-state index in [0.717, 1.165) is 0 Å². The van der Waals surface area contributed by atoms with Gasteiger partial charge in [0.25, 0.3) is 0 Å². The number of halogens is 1. The van der Waals surface area contributed by atoms with Crippen LogP contribution >= 0.6 is 11.6 Å². The summed E-state index contributed by atoms with van der Waals surface area (Å²) in [6, 6.07) is 0. The zero-order chi connectivity index (χ0) is 6.57. The molecule has 0 N–H and O–H groups in total. The van der Waals surface area contributed by atoms with Crippen molar-refractivity contribution in [3.63, 3.8) is 0 Å². The highest BCUT2D eigenvalue weighted by Crippen LogP contribution is 2.02. The van der Waals surface area contributed by atoms with Crippen molar-refractivity contribution in [1.82, 2.24) is 0 Å². The van der Waals surface area contributed by atoms with Crippen molar-refractivity contribution in [2.24, 2.45) is 0 Å². The van der Waals surface area contributed by atoms with Crippen molar-refractivity contribution < 1.29 is 8.85 Å². The number of hydrogen-bond acceptors (Lipinski definition) is 2. The van der Waals surface area contributed by atoms with Crippen LogP contribution in [0.1, 0.15) is 0 Å². The van der Waals surface area contributed by atoms with E-state index in [1.165, 1.54) is 0 Å². The Morgan fingerprint density at radius 1 is 1.50 bits per heavy atom. The largest absolute Gasteiger partial charge is 0.396 e. The van der Waals surface area contributed by atoms with E-state index < -0.39 is 9.28 Å². The molecule has 0 amide bonds. The third-order valence-electron chi connectivity index (χ3n) is 0.684. The lowest BCUT2D eigenvalue weighted by Crippen LogP contribution is -2.18. The molecule has 0 aliphatic rings. The zero-order valence-corrected chi connectivity index (χ0v) is 6.89. The quantitative estimate of drug-likeness (QED) is 0.557. The molecule has 4 heteroatoms. The molecule has 0 aromatic heterocycles. The van der Waals surface area contributed by atoms with Crippen LogP contribution in [0.15, 0.2) is 11.2 Å². The van der Waals surface area contributed by atoms with E-state index >= 15 is 0 Å². The van der Waals surface area contributed by atoms with Gasteiger partial charge in [-0.3, -0.25) is 0 Å². The summed E-state index contributed by atoms with van der Waals surface area (Å²) in [4.78, 5) is 0. The average molecular weight is 153 g/mol. The molecule has 0 spiro atoms. The van der Waals surface area contributed by atoms with Crippen LogP contribution in [0.5, 0.6) is 0 Å². The Hall–Kier alpha value is 0.167. The molecule has 8 heavy (non-hydrogen) atoms. The van der Waals surface area contributed by atoms with Gasteiger partial charge in [0.2, 0.25) is 0 Å². The van der Waals surface area contributed by atoms with E-state index in [1.807, 2.05) is 0 Å². The van der Waals surface area contributed by atoms with Gasteiger partial charge >= 0.3 is 9.28 Å². The maximum atomic E-state index is 5.46. The second-order valence-electron chi connectivity index (χ2n) is 1.25. The van der Waals surface area contributed by atoms with Crippen molar-refractivity contribution in [3.8, 4) is 0 Å². The minimum Gasteiger partial charge on any atom is -0.396 e.